The first-order chi connectivity index (χ1) is 15.4. The quantitative estimate of drug-likeness (QED) is 0.424. The SMILES string of the molecule is CCOC(=O)C1=C(C)NC2=C(C(=O)C[C@@H](c3ccccc3)C2)[C@@H]1c1ccccc1[N+](=O)[O-]. The first-order valence-electron chi connectivity index (χ1n) is 10.6. The van der Waals surface area contributed by atoms with Crippen LogP contribution in [0.5, 0.6) is 0 Å². The van der Waals surface area contributed by atoms with E-state index in [9.17, 15) is 19.7 Å². The molecular weight excluding hydrogens is 408 g/mol. The number of ether oxygens (including phenoxy) is 1. The van der Waals surface area contributed by atoms with Crippen molar-refractivity contribution in [2.75, 3.05) is 6.61 Å². The molecule has 0 aromatic heterocycles. The Kier molecular flexibility index (Phi) is 5.90. The van der Waals surface area contributed by atoms with Gasteiger partial charge in [-0.2, -0.15) is 0 Å². The van der Waals surface area contributed by atoms with Gasteiger partial charge in [0.05, 0.1) is 23.0 Å². The molecule has 7 heteroatoms. The average molecular weight is 432 g/mol. The molecule has 0 saturated heterocycles. The molecule has 0 radical (unpaired) electrons. The first-order valence-corrected chi connectivity index (χ1v) is 10.6. The number of hydrogen-bond donors (Lipinski definition) is 1. The van der Waals surface area contributed by atoms with Gasteiger partial charge in [-0.25, -0.2) is 4.79 Å². The molecule has 2 aliphatic rings. The third kappa shape index (κ3) is 3.82. The summed E-state index contributed by atoms with van der Waals surface area (Å²) in [4.78, 5) is 37.7. The predicted molar refractivity (Wildman–Crippen MR) is 119 cm³/mol. The zero-order chi connectivity index (χ0) is 22.8. The number of nitro groups is 1. The van der Waals surface area contributed by atoms with Gasteiger partial charge in [-0.15, -0.1) is 0 Å². The van der Waals surface area contributed by atoms with Gasteiger partial charge in [0.25, 0.3) is 5.69 Å². The molecule has 0 spiro atoms. The van der Waals surface area contributed by atoms with Crippen molar-refractivity contribution >= 4 is 17.4 Å². The highest BCUT2D eigenvalue weighted by molar-refractivity contribution is 6.04. The second-order valence-corrected chi connectivity index (χ2v) is 7.96. The van der Waals surface area contributed by atoms with E-state index in [1.165, 1.54) is 6.07 Å². The van der Waals surface area contributed by atoms with Gasteiger partial charge in [0.2, 0.25) is 0 Å². The van der Waals surface area contributed by atoms with Crippen LogP contribution in [-0.4, -0.2) is 23.3 Å². The Morgan fingerprint density at radius 3 is 2.50 bits per heavy atom. The lowest BCUT2D eigenvalue weighted by Gasteiger charge is -2.36. The minimum Gasteiger partial charge on any atom is -0.463 e. The maximum absolute atomic E-state index is 13.5. The van der Waals surface area contributed by atoms with Crippen LogP contribution >= 0.6 is 0 Å². The fraction of sp³-hybridized carbons (Fsp3) is 0.280. The molecule has 2 atom stereocenters. The van der Waals surface area contributed by atoms with Crippen molar-refractivity contribution in [1.82, 2.24) is 5.32 Å². The number of ketones is 1. The van der Waals surface area contributed by atoms with Crippen LogP contribution in [0.15, 0.2) is 77.1 Å². The lowest BCUT2D eigenvalue weighted by Crippen LogP contribution is -2.36. The molecule has 7 nitrogen and oxygen atoms in total. The van der Waals surface area contributed by atoms with Crippen molar-refractivity contribution in [3.63, 3.8) is 0 Å². The number of nitrogens with zero attached hydrogens (tertiary/aromatic N) is 1. The van der Waals surface area contributed by atoms with E-state index < -0.39 is 16.8 Å². The fourth-order valence-electron chi connectivity index (χ4n) is 4.69. The van der Waals surface area contributed by atoms with Crippen LogP contribution in [-0.2, 0) is 14.3 Å². The summed E-state index contributed by atoms with van der Waals surface area (Å²) in [7, 11) is 0. The largest absolute Gasteiger partial charge is 0.463 e. The Bertz CT molecular complexity index is 1150. The number of rotatable bonds is 5. The van der Waals surface area contributed by atoms with Crippen LogP contribution < -0.4 is 5.32 Å². The zero-order valence-electron chi connectivity index (χ0n) is 18.0. The second kappa shape index (κ2) is 8.78. The van der Waals surface area contributed by atoms with Crippen molar-refractivity contribution in [2.45, 2.75) is 38.5 Å². The maximum atomic E-state index is 13.5. The van der Waals surface area contributed by atoms with Crippen LogP contribution in [0.4, 0.5) is 5.69 Å². The summed E-state index contributed by atoms with van der Waals surface area (Å²) in [5.74, 6) is -1.55. The van der Waals surface area contributed by atoms with E-state index >= 15 is 0 Å². The van der Waals surface area contributed by atoms with Gasteiger partial charge in [0, 0.05) is 35.0 Å². The molecular formula is C25H24N2O5. The molecule has 0 unspecified atom stereocenters. The van der Waals surface area contributed by atoms with Gasteiger partial charge in [-0.3, -0.25) is 14.9 Å². The van der Waals surface area contributed by atoms with E-state index in [0.29, 0.717) is 29.0 Å². The highest BCUT2D eigenvalue weighted by atomic mass is 16.6. The molecule has 4 rings (SSSR count). The minimum atomic E-state index is -0.851. The predicted octanol–water partition coefficient (Wildman–Crippen LogP) is 4.52. The Labute approximate surface area is 185 Å². The number of dihydropyridines is 1. The van der Waals surface area contributed by atoms with E-state index in [-0.39, 0.29) is 36.0 Å². The monoisotopic (exact) mass is 432 g/mol. The van der Waals surface area contributed by atoms with Crippen molar-refractivity contribution in [3.05, 3.63) is 98.4 Å². The summed E-state index contributed by atoms with van der Waals surface area (Å²) < 4.78 is 5.27. The molecule has 1 heterocycles. The Balaban J connectivity index is 1.87. The smallest absolute Gasteiger partial charge is 0.336 e. The topological polar surface area (TPSA) is 98.5 Å². The normalized spacial score (nSPS) is 20.5. The third-order valence-electron chi connectivity index (χ3n) is 6.04. The molecule has 32 heavy (non-hydrogen) atoms. The summed E-state index contributed by atoms with van der Waals surface area (Å²) >= 11 is 0. The lowest BCUT2D eigenvalue weighted by molar-refractivity contribution is -0.385. The molecule has 164 valence electrons. The lowest BCUT2D eigenvalue weighted by atomic mass is 9.71. The highest BCUT2D eigenvalue weighted by Crippen LogP contribution is 2.47. The van der Waals surface area contributed by atoms with Crippen molar-refractivity contribution < 1.29 is 19.2 Å². The zero-order valence-corrected chi connectivity index (χ0v) is 18.0. The summed E-state index contributed by atoms with van der Waals surface area (Å²) in [5, 5.41) is 15.0. The third-order valence-corrected chi connectivity index (χ3v) is 6.04. The molecule has 0 saturated carbocycles. The van der Waals surface area contributed by atoms with Crippen LogP contribution in [0, 0.1) is 10.1 Å². The van der Waals surface area contributed by atoms with Crippen molar-refractivity contribution in [3.8, 4) is 0 Å². The summed E-state index contributed by atoms with van der Waals surface area (Å²) in [6.07, 6.45) is 0.854. The Hall–Kier alpha value is -3.74. The molecule has 1 N–H and O–H groups in total. The van der Waals surface area contributed by atoms with E-state index in [1.54, 1.807) is 32.0 Å². The van der Waals surface area contributed by atoms with E-state index in [2.05, 4.69) is 5.32 Å². The standard InChI is InChI=1S/C25H24N2O5/c1-3-32-25(29)22-15(2)26-19-13-17(16-9-5-4-6-10-16)14-21(28)24(19)23(22)18-11-7-8-12-20(18)27(30)31/h4-12,17,23,26H,3,13-14H2,1-2H3/t17-,23+/m0/s1. The molecule has 2 aromatic rings. The number of carbonyl (C=O) groups excluding carboxylic acids is 2. The highest BCUT2D eigenvalue weighted by Gasteiger charge is 2.43. The molecule has 1 aliphatic heterocycles. The molecule has 0 bridgehead atoms. The van der Waals surface area contributed by atoms with Crippen molar-refractivity contribution in [1.29, 1.82) is 0 Å². The number of nitro benzene ring substituents is 1. The molecule has 2 aromatic carbocycles. The van der Waals surface area contributed by atoms with Gasteiger partial charge in [0.1, 0.15) is 0 Å². The second-order valence-electron chi connectivity index (χ2n) is 7.96. The van der Waals surface area contributed by atoms with Crippen LogP contribution in [0.2, 0.25) is 0 Å². The van der Waals surface area contributed by atoms with Gasteiger partial charge >= 0.3 is 5.97 Å². The maximum Gasteiger partial charge on any atom is 0.336 e. The first kappa shape index (κ1) is 21.5. The van der Waals surface area contributed by atoms with Gasteiger partial charge in [-0.05, 0) is 31.7 Å². The van der Waals surface area contributed by atoms with E-state index in [4.69, 9.17) is 4.74 Å². The number of allylic oxidation sites excluding steroid dienone is 3. The van der Waals surface area contributed by atoms with Gasteiger partial charge in [0.15, 0.2) is 5.78 Å². The van der Waals surface area contributed by atoms with Gasteiger partial charge in [-0.1, -0.05) is 48.5 Å². The number of esters is 1. The van der Waals surface area contributed by atoms with Crippen LogP contribution in [0.3, 0.4) is 0 Å². The fourth-order valence-corrected chi connectivity index (χ4v) is 4.69. The summed E-state index contributed by atoms with van der Waals surface area (Å²) in [5.41, 5.74) is 3.18. The van der Waals surface area contributed by atoms with Crippen LogP contribution in [0.25, 0.3) is 0 Å². The molecule has 1 aliphatic carbocycles. The molecule has 0 fully saturated rings. The Morgan fingerprint density at radius 2 is 1.81 bits per heavy atom. The number of carbonyl (C=O) groups is 2. The minimum absolute atomic E-state index is 0.00157. The van der Waals surface area contributed by atoms with Gasteiger partial charge < -0.3 is 10.1 Å². The Morgan fingerprint density at radius 1 is 1.12 bits per heavy atom. The number of para-hydroxylation sites is 1. The molecule has 0 amide bonds. The van der Waals surface area contributed by atoms with E-state index in [1.807, 2.05) is 30.3 Å². The van der Waals surface area contributed by atoms with Crippen molar-refractivity contribution in [2.24, 2.45) is 0 Å². The number of hydrogen-bond acceptors (Lipinski definition) is 6. The number of Topliss-reactive ketones (excluding diaryl/α,β-unsaturated/α-hetero) is 1. The van der Waals surface area contributed by atoms with Crippen LogP contribution in [0.1, 0.15) is 49.7 Å². The summed E-state index contributed by atoms with van der Waals surface area (Å²) in [6.45, 7) is 3.61. The average Bonchev–Trinajstić information content (AvgIpc) is 2.78. The number of nitrogens with one attached hydrogen (secondary N) is 1. The number of benzene rings is 2. The van der Waals surface area contributed by atoms with E-state index in [0.717, 1.165) is 5.56 Å². The summed E-state index contributed by atoms with van der Waals surface area (Å²) in [6, 6.07) is 16.1.